The number of nitrogens with one attached hydrogen (secondary N) is 1. The van der Waals surface area contributed by atoms with Crippen LogP contribution in [0.5, 0.6) is 0 Å². The summed E-state index contributed by atoms with van der Waals surface area (Å²) in [5.41, 5.74) is 2.97. The SMILES string of the molecule is CNCCc1ccc2ncc([B]O)cc2c1. The first-order valence-electron chi connectivity index (χ1n) is 5.34. The Balaban J connectivity index is 2.35. The molecule has 0 amide bonds. The fraction of sp³-hybridized carbons (Fsp3) is 0.250. The summed E-state index contributed by atoms with van der Waals surface area (Å²) in [5.74, 6) is 0. The van der Waals surface area contributed by atoms with Crippen LogP contribution in [-0.2, 0) is 6.42 Å². The number of hydrogen-bond acceptors (Lipinski definition) is 3. The second-order valence-corrected chi connectivity index (χ2v) is 3.78. The van der Waals surface area contributed by atoms with Crippen LogP contribution in [0.1, 0.15) is 5.56 Å². The Morgan fingerprint density at radius 3 is 3.00 bits per heavy atom. The van der Waals surface area contributed by atoms with Crippen LogP contribution in [0.2, 0.25) is 0 Å². The highest BCUT2D eigenvalue weighted by molar-refractivity contribution is 6.45. The van der Waals surface area contributed by atoms with Crippen molar-refractivity contribution in [1.82, 2.24) is 10.3 Å². The first-order valence-corrected chi connectivity index (χ1v) is 5.34. The van der Waals surface area contributed by atoms with Gasteiger partial charge in [0, 0.05) is 6.20 Å². The van der Waals surface area contributed by atoms with Crippen molar-refractivity contribution >= 4 is 23.8 Å². The highest BCUT2D eigenvalue weighted by atomic mass is 16.2. The van der Waals surface area contributed by atoms with Gasteiger partial charge in [-0.2, -0.15) is 0 Å². The van der Waals surface area contributed by atoms with Gasteiger partial charge in [-0.15, -0.1) is 0 Å². The van der Waals surface area contributed by atoms with E-state index < -0.39 is 0 Å². The molecule has 0 unspecified atom stereocenters. The Labute approximate surface area is 95.8 Å². The van der Waals surface area contributed by atoms with E-state index in [2.05, 4.69) is 22.4 Å². The molecule has 0 aliphatic carbocycles. The molecule has 4 heteroatoms. The minimum Gasteiger partial charge on any atom is -0.450 e. The highest BCUT2D eigenvalue weighted by Gasteiger charge is 2.00. The molecule has 2 aromatic rings. The predicted octanol–water partition coefficient (Wildman–Crippen LogP) is 0.233. The molecule has 81 valence electrons. The standard InChI is InChI=1S/C12H14BN2O/c1-14-5-4-9-2-3-12-10(6-9)7-11(13-16)8-15-12/h2-3,6-8,14,16H,4-5H2,1H3. The van der Waals surface area contributed by atoms with E-state index in [-0.39, 0.29) is 0 Å². The molecule has 1 radical (unpaired) electrons. The molecular weight excluding hydrogens is 199 g/mol. The van der Waals surface area contributed by atoms with Gasteiger partial charge in [-0.1, -0.05) is 12.1 Å². The van der Waals surface area contributed by atoms with Crippen LogP contribution in [0.3, 0.4) is 0 Å². The van der Waals surface area contributed by atoms with Gasteiger partial charge < -0.3 is 10.3 Å². The van der Waals surface area contributed by atoms with Crippen LogP contribution in [0, 0.1) is 0 Å². The van der Waals surface area contributed by atoms with Crippen LogP contribution >= 0.6 is 0 Å². The molecule has 3 nitrogen and oxygen atoms in total. The highest BCUT2D eigenvalue weighted by Crippen LogP contribution is 2.12. The average Bonchev–Trinajstić information content (AvgIpc) is 2.35. The van der Waals surface area contributed by atoms with Crippen LogP contribution in [0.25, 0.3) is 10.9 Å². The molecular formula is C12H14BN2O. The van der Waals surface area contributed by atoms with Crippen LogP contribution < -0.4 is 10.8 Å². The summed E-state index contributed by atoms with van der Waals surface area (Å²) < 4.78 is 0. The number of fused-ring (bicyclic) bond motifs is 1. The minimum atomic E-state index is 0.735. The Bertz CT molecular complexity index is 487. The normalized spacial score (nSPS) is 10.6. The maximum atomic E-state index is 8.93. The zero-order valence-corrected chi connectivity index (χ0v) is 9.27. The fourth-order valence-electron chi connectivity index (χ4n) is 1.69. The van der Waals surface area contributed by atoms with Gasteiger partial charge >= 0.3 is 7.48 Å². The largest absolute Gasteiger partial charge is 0.450 e. The van der Waals surface area contributed by atoms with Gasteiger partial charge in [-0.3, -0.25) is 4.98 Å². The maximum absolute atomic E-state index is 8.93. The zero-order chi connectivity index (χ0) is 11.4. The number of benzene rings is 1. The topological polar surface area (TPSA) is 45.2 Å². The van der Waals surface area contributed by atoms with E-state index in [9.17, 15) is 0 Å². The first kappa shape index (κ1) is 11.1. The van der Waals surface area contributed by atoms with Crippen molar-refractivity contribution in [2.24, 2.45) is 0 Å². The lowest BCUT2D eigenvalue weighted by molar-refractivity contribution is 0.615. The van der Waals surface area contributed by atoms with Crippen LogP contribution in [0.15, 0.2) is 30.5 Å². The van der Waals surface area contributed by atoms with Gasteiger partial charge in [0.1, 0.15) is 0 Å². The Morgan fingerprint density at radius 1 is 1.38 bits per heavy atom. The summed E-state index contributed by atoms with van der Waals surface area (Å²) in [6.45, 7) is 0.963. The minimum absolute atomic E-state index is 0.735. The smallest absolute Gasteiger partial charge is 0.328 e. The van der Waals surface area contributed by atoms with Gasteiger partial charge in [0.05, 0.1) is 5.52 Å². The molecule has 0 fully saturated rings. The monoisotopic (exact) mass is 213 g/mol. The van der Waals surface area contributed by atoms with E-state index in [0.29, 0.717) is 0 Å². The maximum Gasteiger partial charge on any atom is 0.328 e. The van der Waals surface area contributed by atoms with Crippen molar-refractivity contribution in [2.75, 3.05) is 13.6 Å². The summed E-state index contributed by atoms with van der Waals surface area (Å²) in [6.07, 6.45) is 2.66. The van der Waals surface area contributed by atoms with Crippen LogP contribution in [0.4, 0.5) is 0 Å². The third-order valence-corrected chi connectivity index (χ3v) is 2.58. The molecule has 0 aliphatic heterocycles. The van der Waals surface area contributed by atoms with Crippen LogP contribution in [-0.4, -0.2) is 31.1 Å². The molecule has 0 aliphatic rings. The van der Waals surface area contributed by atoms with Gasteiger partial charge in [0.25, 0.3) is 0 Å². The Kier molecular flexibility index (Phi) is 3.54. The number of likely N-dealkylation sites (N-methyl/N-ethyl adjacent to an activating group) is 1. The molecule has 0 atom stereocenters. The molecule has 2 rings (SSSR count). The molecule has 1 aromatic carbocycles. The lowest BCUT2D eigenvalue weighted by Crippen LogP contribution is -2.13. The average molecular weight is 213 g/mol. The summed E-state index contributed by atoms with van der Waals surface area (Å²) in [7, 11) is 3.02. The van der Waals surface area contributed by atoms with Crippen molar-refractivity contribution in [1.29, 1.82) is 0 Å². The second-order valence-electron chi connectivity index (χ2n) is 3.78. The lowest BCUT2D eigenvalue weighted by Gasteiger charge is -2.04. The molecule has 0 saturated carbocycles. The number of aromatic nitrogens is 1. The summed E-state index contributed by atoms with van der Waals surface area (Å²) in [5, 5.41) is 13.1. The number of hydrogen-bond donors (Lipinski definition) is 2. The Hall–Kier alpha value is -1.39. The number of rotatable bonds is 4. The van der Waals surface area contributed by atoms with E-state index in [1.807, 2.05) is 19.2 Å². The third kappa shape index (κ3) is 2.40. The van der Waals surface area contributed by atoms with Crippen molar-refractivity contribution in [2.45, 2.75) is 6.42 Å². The van der Waals surface area contributed by atoms with Gasteiger partial charge in [-0.25, -0.2) is 0 Å². The molecule has 0 bridgehead atoms. The molecule has 1 heterocycles. The van der Waals surface area contributed by atoms with Crippen molar-refractivity contribution in [3.05, 3.63) is 36.0 Å². The zero-order valence-electron chi connectivity index (χ0n) is 9.27. The number of nitrogens with zero attached hydrogens (tertiary/aromatic N) is 1. The van der Waals surface area contributed by atoms with Gasteiger partial charge in [0.15, 0.2) is 0 Å². The predicted molar refractivity (Wildman–Crippen MR) is 67.0 cm³/mol. The molecule has 2 N–H and O–H groups in total. The first-order chi connectivity index (χ1) is 7.83. The third-order valence-electron chi connectivity index (χ3n) is 2.58. The van der Waals surface area contributed by atoms with Crippen molar-refractivity contribution in [3.8, 4) is 0 Å². The quantitative estimate of drug-likeness (QED) is 0.715. The summed E-state index contributed by atoms with van der Waals surface area (Å²) in [4.78, 5) is 4.27. The van der Waals surface area contributed by atoms with E-state index in [4.69, 9.17) is 5.02 Å². The number of pyridine rings is 1. The molecule has 16 heavy (non-hydrogen) atoms. The summed E-state index contributed by atoms with van der Waals surface area (Å²) >= 11 is 0. The van der Waals surface area contributed by atoms with E-state index in [0.717, 1.165) is 36.8 Å². The fourth-order valence-corrected chi connectivity index (χ4v) is 1.69. The second kappa shape index (κ2) is 5.10. The van der Waals surface area contributed by atoms with Gasteiger partial charge in [0.2, 0.25) is 0 Å². The van der Waals surface area contributed by atoms with E-state index >= 15 is 0 Å². The van der Waals surface area contributed by atoms with E-state index in [1.165, 1.54) is 5.56 Å². The van der Waals surface area contributed by atoms with Gasteiger partial charge in [-0.05, 0) is 48.6 Å². The lowest BCUT2D eigenvalue weighted by atomic mass is 9.89. The van der Waals surface area contributed by atoms with Crippen molar-refractivity contribution < 1.29 is 5.02 Å². The molecule has 0 saturated heterocycles. The van der Waals surface area contributed by atoms with Crippen molar-refractivity contribution in [3.63, 3.8) is 0 Å². The molecule has 1 aromatic heterocycles. The Morgan fingerprint density at radius 2 is 2.25 bits per heavy atom. The van der Waals surface area contributed by atoms with E-state index in [1.54, 1.807) is 6.20 Å². The summed E-state index contributed by atoms with van der Waals surface area (Å²) in [6, 6.07) is 8.16. The molecule has 0 spiro atoms.